The molecule has 0 spiro atoms. The Bertz CT molecular complexity index is 761. The predicted molar refractivity (Wildman–Crippen MR) is 123 cm³/mol. The fourth-order valence-corrected chi connectivity index (χ4v) is 3.59. The van der Waals surface area contributed by atoms with Crippen LogP contribution < -0.4 is 10.6 Å². The van der Waals surface area contributed by atoms with Gasteiger partial charge in [-0.05, 0) is 71.1 Å². The van der Waals surface area contributed by atoms with Crippen LogP contribution in [0, 0.1) is 5.41 Å². The highest BCUT2D eigenvalue weighted by Crippen LogP contribution is 2.30. The number of rotatable bonds is 4. The van der Waals surface area contributed by atoms with Gasteiger partial charge in [0.2, 0.25) is 0 Å². The van der Waals surface area contributed by atoms with Crippen molar-refractivity contribution in [2.24, 2.45) is 5.41 Å². The number of hydrogen-bond acceptors (Lipinski definition) is 5. The van der Waals surface area contributed by atoms with E-state index in [9.17, 15) is 9.59 Å². The predicted octanol–water partition coefficient (Wildman–Crippen LogP) is 5.16. The maximum Gasteiger partial charge on any atom is 0.412 e. The molecule has 0 radical (unpaired) electrons. The fraction of sp³-hybridized carbons (Fsp3) is 0.667. The van der Waals surface area contributed by atoms with Crippen LogP contribution in [0.1, 0.15) is 67.4 Å². The number of ether oxygens (including phenoxy) is 2. The standard InChI is InChI=1S/C24H39N3O4/c1-22(2,3)30-20(28)26-18-11-9-17(10-12-18)15-25-19-13-14-27(16-24(19,7)8)21(29)31-23(4,5)6/h9-12,19,25H,13-16H2,1-8H3,(H,26,28). The summed E-state index contributed by atoms with van der Waals surface area (Å²) >= 11 is 0. The molecular formula is C24H39N3O4. The van der Waals surface area contributed by atoms with E-state index in [0.29, 0.717) is 25.3 Å². The molecule has 1 aliphatic rings. The summed E-state index contributed by atoms with van der Waals surface area (Å²) in [5.74, 6) is 0. The number of benzene rings is 1. The molecule has 1 heterocycles. The lowest BCUT2D eigenvalue weighted by molar-refractivity contribution is 0.00206. The quantitative estimate of drug-likeness (QED) is 0.686. The third-order valence-electron chi connectivity index (χ3n) is 5.03. The molecule has 7 nitrogen and oxygen atoms in total. The molecule has 2 N–H and O–H groups in total. The number of nitrogens with zero attached hydrogens (tertiary/aromatic N) is 1. The molecule has 0 saturated carbocycles. The normalized spacial score (nSPS) is 19.0. The van der Waals surface area contributed by atoms with Crippen molar-refractivity contribution in [3.05, 3.63) is 29.8 Å². The zero-order chi connectivity index (χ0) is 23.4. The van der Waals surface area contributed by atoms with Crippen LogP contribution in [0.25, 0.3) is 0 Å². The van der Waals surface area contributed by atoms with Gasteiger partial charge in [0.1, 0.15) is 11.2 Å². The van der Waals surface area contributed by atoms with Crippen molar-refractivity contribution >= 4 is 17.9 Å². The van der Waals surface area contributed by atoms with Crippen molar-refractivity contribution in [3.8, 4) is 0 Å². The van der Waals surface area contributed by atoms with Crippen molar-refractivity contribution in [2.75, 3.05) is 18.4 Å². The van der Waals surface area contributed by atoms with Crippen molar-refractivity contribution < 1.29 is 19.1 Å². The summed E-state index contributed by atoms with van der Waals surface area (Å²) in [5, 5.41) is 6.38. The summed E-state index contributed by atoms with van der Waals surface area (Å²) in [6.45, 7) is 17.6. The minimum Gasteiger partial charge on any atom is -0.444 e. The van der Waals surface area contributed by atoms with E-state index in [-0.39, 0.29) is 17.6 Å². The van der Waals surface area contributed by atoms with E-state index < -0.39 is 17.3 Å². The molecule has 0 aliphatic carbocycles. The Morgan fingerprint density at radius 3 is 2.13 bits per heavy atom. The first kappa shape index (κ1) is 25.0. The first-order valence-corrected chi connectivity index (χ1v) is 10.9. The van der Waals surface area contributed by atoms with E-state index >= 15 is 0 Å². The van der Waals surface area contributed by atoms with Gasteiger partial charge in [0.05, 0.1) is 0 Å². The van der Waals surface area contributed by atoms with Crippen LogP contribution in [-0.2, 0) is 16.0 Å². The van der Waals surface area contributed by atoms with E-state index in [1.54, 1.807) is 4.90 Å². The van der Waals surface area contributed by atoms with Crippen molar-refractivity contribution in [2.45, 2.75) is 85.6 Å². The van der Waals surface area contributed by atoms with Crippen LogP contribution in [-0.4, -0.2) is 47.4 Å². The molecule has 0 aromatic heterocycles. The number of hydrogen-bond donors (Lipinski definition) is 2. The Labute approximate surface area is 186 Å². The SMILES string of the molecule is CC(C)(C)OC(=O)Nc1ccc(CNC2CCN(C(=O)OC(C)(C)C)CC2(C)C)cc1. The van der Waals surface area contributed by atoms with Crippen LogP contribution in [0.2, 0.25) is 0 Å². The molecule has 7 heteroatoms. The third kappa shape index (κ3) is 8.40. The number of anilines is 1. The molecule has 1 aliphatic heterocycles. The Hall–Kier alpha value is -2.28. The van der Waals surface area contributed by atoms with E-state index in [0.717, 1.165) is 12.0 Å². The van der Waals surface area contributed by atoms with Gasteiger partial charge >= 0.3 is 12.2 Å². The van der Waals surface area contributed by atoms with Gasteiger partial charge in [0.15, 0.2) is 0 Å². The Balaban J connectivity index is 1.86. The number of piperidine rings is 1. The van der Waals surface area contributed by atoms with E-state index in [4.69, 9.17) is 9.47 Å². The van der Waals surface area contributed by atoms with Crippen molar-refractivity contribution in [3.63, 3.8) is 0 Å². The largest absolute Gasteiger partial charge is 0.444 e. The van der Waals surface area contributed by atoms with Gasteiger partial charge in [0, 0.05) is 31.4 Å². The van der Waals surface area contributed by atoms with Gasteiger partial charge in [-0.1, -0.05) is 26.0 Å². The summed E-state index contributed by atoms with van der Waals surface area (Å²) in [7, 11) is 0. The molecule has 1 aromatic rings. The average molecular weight is 434 g/mol. The van der Waals surface area contributed by atoms with Crippen LogP contribution in [0.15, 0.2) is 24.3 Å². The Morgan fingerprint density at radius 2 is 1.61 bits per heavy atom. The molecule has 0 bridgehead atoms. The molecule has 174 valence electrons. The van der Waals surface area contributed by atoms with Gasteiger partial charge in [-0.2, -0.15) is 0 Å². The van der Waals surface area contributed by atoms with Gasteiger partial charge in [-0.3, -0.25) is 5.32 Å². The lowest BCUT2D eigenvalue weighted by Gasteiger charge is -2.44. The minimum absolute atomic E-state index is 0.0760. The summed E-state index contributed by atoms with van der Waals surface area (Å²) in [6, 6.07) is 8.00. The van der Waals surface area contributed by atoms with E-state index in [1.807, 2.05) is 65.8 Å². The highest BCUT2D eigenvalue weighted by Gasteiger charge is 2.38. The molecule has 31 heavy (non-hydrogen) atoms. The van der Waals surface area contributed by atoms with Crippen LogP contribution in [0.3, 0.4) is 0 Å². The summed E-state index contributed by atoms with van der Waals surface area (Å²) in [5.41, 5.74) is 0.734. The zero-order valence-corrected chi connectivity index (χ0v) is 20.3. The second-order valence-electron chi connectivity index (χ2n) is 10.9. The lowest BCUT2D eigenvalue weighted by atomic mass is 9.79. The number of carbonyl (C=O) groups excluding carboxylic acids is 2. The van der Waals surface area contributed by atoms with E-state index in [1.165, 1.54) is 0 Å². The number of nitrogens with one attached hydrogen (secondary N) is 2. The van der Waals surface area contributed by atoms with Crippen LogP contribution in [0.4, 0.5) is 15.3 Å². The van der Waals surface area contributed by atoms with Gasteiger partial charge in [-0.15, -0.1) is 0 Å². The highest BCUT2D eigenvalue weighted by atomic mass is 16.6. The second-order valence-corrected chi connectivity index (χ2v) is 10.9. The van der Waals surface area contributed by atoms with Gasteiger partial charge in [0.25, 0.3) is 0 Å². The molecule has 1 unspecified atom stereocenters. The lowest BCUT2D eigenvalue weighted by Crippen LogP contribution is -2.56. The average Bonchev–Trinajstić information content (AvgIpc) is 2.58. The van der Waals surface area contributed by atoms with Gasteiger partial charge in [-0.25, -0.2) is 9.59 Å². The van der Waals surface area contributed by atoms with E-state index in [2.05, 4.69) is 24.5 Å². The maximum atomic E-state index is 12.4. The molecule has 1 aromatic carbocycles. The topological polar surface area (TPSA) is 79.9 Å². The second kappa shape index (κ2) is 9.47. The molecule has 1 saturated heterocycles. The minimum atomic E-state index is -0.528. The molecule has 1 atom stereocenters. The van der Waals surface area contributed by atoms with Gasteiger partial charge < -0.3 is 19.7 Å². The third-order valence-corrected chi connectivity index (χ3v) is 5.03. The smallest absolute Gasteiger partial charge is 0.412 e. The summed E-state index contributed by atoms with van der Waals surface area (Å²) < 4.78 is 10.8. The number of carbonyl (C=O) groups is 2. The first-order valence-electron chi connectivity index (χ1n) is 10.9. The van der Waals surface area contributed by atoms with Crippen molar-refractivity contribution in [1.82, 2.24) is 10.2 Å². The zero-order valence-electron chi connectivity index (χ0n) is 20.3. The molecule has 1 fully saturated rings. The highest BCUT2D eigenvalue weighted by molar-refractivity contribution is 5.84. The Kier molecular flexibility index (Phi) is 7.63. The maximum absolute atomic E-state index is 12.4. The monoisotopic (exact) mass is 433 g/mol. The molecule has 2 rings (SSSR count). The molecular weight excluding hydrogens is 394 g/mol. The fourth-order valence-electron chi connectivity index (χ4n) is 3.59. The number of amides is 2. The Morgan fingerprint density at radius 1 is 1.03 bits per heavy atom. The molecule has 2 amide bonds. The van der Waals surface area contributed by atoms with Crippen molar-refractivity contribution in [1.29, 1.82) is 0 Å². The van der Waals surface area contributed by atoms with Crippen LogP contribution >= 0.6 is 0 Å². The summed E-state index contributed by atoms with van der Waals surface area (Å²) in [6.07, 6.45) is 0.161. The number of likely N-dealkylation sites (tertiary alicyclic amines) is 1. The first-order chi connectivity index (χ1) is 14.1. The summed E-state index contributed by atoms with van der Waals surface area (Å²) in [4.78, 5) is 26.1. The van der Waals surface area contributed by atoms with Crippen LogP contribution in [0.5, 0.6) is 0 Å².